The first kappa shape index (κ1) is 25.9. The predicted molar refractivity (Wildman–Crippen MR) is 113 cm³/mol. The van der Waals surface area contributed by atoms with E-state index in [1.165, 1.54) is 16.3 Å². The summed E-state index contributed by atoms with van der Waals surface area (Å²) in [7, 11) is 0. The van der Waals surface area contributed by atoms with Crippen molar-refractivity contribution in [3.05, 3.63) is 67.7 Å². The van der Waals surface area contributed by atoms with E-state index in [0.717, 1.165) is 30.3 Å². The molecule has 14 heteroatoms. The molecule has 1 aliphatic heterocycles. The van der Waals surface area contributed by atoms with Crippen molar-refractivity contribution in [2.75, 3.05) is 24.5 Å². The first-order chi connectivity index (χ1) is 15.6. The van der Waals surface area contributed by atoms with Gasteiger partial charge in [-0.2, -0.15) is 26.3 Å². The van der Waals surface area contributed by atoms with Gasteiger partial charge in [0.15, 0.2) is 0 Å². The second-order valence-electron chi connectivity index (χ2n) is 7.67. The summed E-state index contributed by atoms with van der Waals surface area (Å²) in [5.74, 6) is -1.34. The zero-order chi connectivity index (χ0) is 25.5. The molecule has 1 saturated heterocycles. The van der Waals surface area contributed by atoms with Crippen LogP contribution in [-0.4, -0.2) is 42.8 Å². The van der Waals surface area contributed by atoms with E-state index >= 15 is 0 Å². The first-order valence-electron chi connectivity index (χ1n) is 9.55. The number of nitrogens with one attached hydrogen (secondary N) is 1. The second-order valence-corrected chi connectivity index (χ2v) is 8.54. The van der Waals surface area contributed by atoms with E-state index in [1.807, 2.05) is 0 Å². The van der Waals surface area contributed by atoms with Gasteiger partial charge in [0.1, 0.15) is 17.5 Å². The average molecular weight is 530 g/mol. The summed E-state index contributed by atoms with van der Waals surface area (Å²) in [6.07, 6.45) is -9.86. The number of nitro groups is 1. The smallest absolute Gasteiger partial charge is 0.370 e. The third-order valence-electron chi connectivity index (χ3n) is 5.46. The van der Waals surface area contributed by atoms with Crippen LogP contribution in [-0.2, 0) is 5.41 Å². The van der Waals surface area contributed by atoms with Crippen molar-refractivity contribution in [1.29, 1.82) is 0 Å². The lowest BCUT2D eigenvalue weighted by Gasteiger charge is -2.33. The minimum absolute atomic E-state index is 0.00155. The third-order valence-corrected chi connectivity index (χ3v) is 5.90. The number of hydrogen-bond acceptors (Lipinski definition) is 4. The van der Waals surface area contributed by atoms with E-state index in [1.54, 1.807) is 0 Å². The molecule has 6 nitrogen and oxygen atoms in total. The molecule has 1 unspecified atom stereocenters. The molecule has 34 heavy (non-hydrogen) atoms. The molecule has 1 amide bonds. The summed E-state index contributed by atoms with van der Waals surface area (Å²) in [5, 5.41) is 13.0. The number of rotatable bonds is 5. The lowest BCUT2D eigenvalue weighted by Crippen LogP contribution is -2.44. The Kier molecular flexibility index (Phi) is 6.96. The van der Waals surface area contributed by atoms with Crippen LogP contribution in [0, 0.1) is 10.1 Å². The highest BCUT2D eigenvalue weighted by molar-refractivity contribution is 6.34. The number of benzene rings is 2. The monoisotopic (exact) mass is 529 g/mol. The van der Waals surface area contributed by atoms with E-state index in [9.17, 15) is 41.3 Å². The van der Waals surface area contributed by atoms with E-state index in [0.29, 0.717) is 0 Å². The van der Waals surface area contributed by atoms with Crippen molar-refractivity contribution >= 4 is 40.5 Å². The molecule has 1 fully saturated rings. The van der Waals surface area contributed by atoms with Crippen LogP contribution in [0.25, 0.3) is 0 Å². The van der Waals surface area contributed by atoms with Crippen LogP contribution in [0.4, 0.5) is 37.7 Å². The molecule has 0 saturated carbocycles. The molecule has 0 spiro atoms. The van der Waals surface area contributed by atoms with Crippen LogP contribution in [0.15, 0.2) is 36.4 Å². The normalized spacial score (nSPS) is 18.8. The highest BCUT2D eigenvalue weighted by Gasteiger charge is 2.59. The van der Waals surface area contributed by atoms with E-state index in [-0.39, 0.29) is 27.8 Å². The fraction of sp³-hybridized carbons (Fsp3) is 0.350. The Morgan fingerprint density at radius 1 is 1.09 bits per heavy atom. The Bertz CT molecular complexity index is 1110. The molecular weight excluding hydrogens is 515 g/mol. The van der Waals surface area contributed by atoms with Gasteiger partial charge in [-0.05, 0) is 42.3 Å². The molecule has 0 aromatic heterocycles. The molecular formula is C20H15Cl2F6N3O3. The number of anilines is 1. The number of carbonyl (C=O) groups excluding carboxylic acids is 1. The summed E-state index contributed by atoms with van der Waals surface area (Å²) in [4.78, 5) is 23.7. The van der Waals surface area contributed by atoms with Crippen molar-refractivity contribution in [2.24, 2.45) is 0 Å². The van der Waals surface area contributed by atoms with E-state index < -0.39 is 59.4 Å². The van der Waals surface area contributed by atoms with Crippen LogP contribution >= 0.6 is 23.2 Å². The maximum absolute atomic E-state index is 14.2. The van der Waals surface area contributed by atoms with Crippen molar-refractivity contribution in [3.8, 4) is 0 Å². The summed E-state index contributed by atoms with van der Waals surface area (Å²) in [5.41, 5.74) is -4.04. The zero-order valence-electron chi connectivity index (χ0n) is 16.9. The maximum Gasteiger partial charge on any atom is 0.405 e. The van der Waals surface area contributed by atoms with Gasteiger partial charge in [-0.15, -0.1) is 0 Å². The van der Waals surface area contributed by atoms with E-state index in [2.05, 4.69) is 0 Å². The molecule has 0 aliphatic carbocycles. The van der Waals surface area contributed by atoms with Crippen LogP contribution < -0.4 is 10.2 Å². The Labute approximate surface area is 198 Å². The zero-order valence-corrected chi connectivity index (χ0v) is 18.4. The SMILES string of the molecule is O=C(NCC(F)(F)F)c1ccc(N2CCC(c3cc(Cl)cc(Cl)c3)(C(F)(F)F)C2)cc1[N+](=O)[O-]. The van der Waals surface area contributed by atoms with Gasteiger partial charge in [-0.3, -0.25) is 14.9 Å². The molecule has 2 aromatic rings. The Balaban J connectivity index is 1.95. The lowest BCUT2D eigenvalue weighted by atomic mass is 9.79. The number of nitrogens with zero attached hydrogens (tertiary/aromatic N) is 2. The molecule has 1 aliphatic rings. The summed E-state index contributed by atoms with van der Waals surface area (Å²) < 4.78 is 79.8. The number of carbonyl (C=O) groups is 1. The van der Waals surface area contributed by atoms with Crippen LogP contribution in [0.5, 0.6) is 0 Å². The average Bonchev–Trinajstić information content (AvgIpc) is 3.17. The minimum Gasteiger partial charge on any atom is -0.370 e. The Hall–Kier alpha value is -2.73. The topological polar surface area (TPSA) is 75.5 Å². The fourth-order valence-corrected chi connectivity index (χ4v) is 4.35. The predicted octanol–water partition coefficient (Wildman–Crippen LogP) is 5.90. The van der Waals surface area contributed by atoms with Crippen LogP contribution in [0.1, 0.15) is 22.3 Å². The molecule has 3 rings (SSSR count). The van der Waals surface area contributed by atoms with Gasteiger partial charge < -0.3 is 10.2 Å². The van der Waals surface area contributed by atoms with Crippen LogP contribution in [0.3, 0.4) is 0 Å². The number of nitro benzene ring substituents is 1. The standard InChI is InChI=1S/C20H15Cl2F6N3O3/c21-12-5-11(6-13(22)7-12)18(20(26,27)28)3-4-30(10-18)14-1-2-15(16(8-14)31(33)34)17(32)29-9-19(23,24)25/h1-2,5-8H,3-4,9-10H2,(H,29,32). The van der Waals surface area contributed by atoms with Crippen LogP contribution in [0.2, 0.25) is 10.0 Å². The molecule has 1 N–H and O–H groups in total. The second kappa shape index (κ2) is 9.14. The minimum atomic E-state index is -4.73. The summed E-state index contributed by atoms with van der Waals surface area (Å²) in [6, 6.07) is 6.51. The van der Waals surface area contributed by atoms with Crippen molar-refractivity contribution < 1.29 is 36.1 Å². The quantitative estimate of drug-likeness (QED) is 0.297. The Morgan fingerprint density at radius 3 is 2.24 bits per heavy atom. The van der Waals surface area contributed by atoms with Gasteiger partial charge >= 0.3 is 12.4 Å². The van der Waals surface area contributed by atoms with Crippen molar-refractivity contribution in [3.63, 3.8) is 0 Å². The van der Waals surface area contributed by atoms with Gasteiger partial charge in [0.05, 0.1) is 4.92 Å². The van der Waals surface area contributed by atoms with Gasteiger partial charge in [-0.25, -0.2) is 0 Å². The van der Waals surface area contributed by atoms with Gasteiger partial charge in [0.25, 0.3) is 11.6 Å². The number of halogens is 8. The third kappa shape index (κ3) is 5.33. The molecule has 1 heterocycles. The fourth-order valence-electron chi connectivity index (χ4n) is 3.83. The highest BCUT2D eigenvalue weighted by atomic mass is 35.5. The largest absolute Gasteiger partial charge is 0.405 e. The summed E-state index contributed by atoms with van der Waals surface area (Å²) in [6.45, 7) is -2.47. The summed E-state index contributed by atoms with van der Waals surface area (Å²) >= 11 is 11.8. The molecule has 0 radical (unpaired) electrons. The lowest BCUT2D eigenvalue weighted by molar-refractivity contribution is -0.385. The maximum atomic E-state index is 14.2. The van der Waals surface area contributed by atoms with E-state index in [4.69, 9.17) is 23.2 Å². The molecule has 2 aromatic carbocycles. The number of hydrogen-bond donors (Lipinski definition) is 1. The van der Waals surface area contributed by atoms with Gasteiger partial charge in [0, 0.05) is 34.9 Å². The van der Waals surface area contributed by atoms with Crippen molar-refractivity contribution in [1.82, 2.24) is 5.32 Å². The molecule has 1 atom stereocenters. The molecule has 0 bridgehead atoms. The number of alkyl halides is 6. The first-order valence-corrected chi connectivity index (χ1v) is 10.3. The number of amides is 1. The van der Waals surface area contributed by atoms with Gasteiger partial charge in [-0.1, -0.05) is 23.2 Å². The van der Waals surface area contributed by atoms with Crippen molar-refractivity contribution in [2.45, 2.75) is 24.2 Å². The van der Waals surface area contributed by atoms with Gasteiger partial charge in [0.2, 0.25) is 0 Å². The highest BCUT2D eigenvalue weighted by Crippen LogP contribution is 2.49. The molecule has 184 valence electrons. The Morgan fingerprint density at radius 2 is 1.71 bits per heavy atom.